The topological polar surface area (TPSA) is 104 Å². The van der Waals surface area contributed by atoms with Crippen molar-refractivity contribution < 1.29 is 27.8 Å². The molecule has 12 heteroatoms. The normalized spacial score (nSPS) is 12.7. The van der Waals surface area contributed by atoms with Gasteiger partial charge in [0.25, 0.3) is 0 Å². The quantitative estimate of drug-likeness (QED) is 0.403. The second-order valence-electron chi connectivity index (χ2n) is 8.12. The maximum atomic E-state index is 13.4. The summed E-state index contributed by atoms with van der Waals surface area (Å²) in [5.74, 6) is 0.361. The first-order chi connectivity index (χ1) is 17.0. The van der Waals surface area contributed by atoms with Crippen molar-refractivity contribution in [1.82, 2.24) is 24.3 Å². The fraction of sp³-hybridized carbons (Fsp3) is 0.333. The highest BCUT2D eigenvalue weighted by Crippen LogP contribution is 2.39. The molecule has 0 aliphatic heterocycles. The van der Waals surface area contributed by atoms with E-state index in [0.29, 0.717) is 16.8 Å². The van der Waals surface area contributed by atoms with Crippen molar-refractivity contribution in [3.8, 4) is 23.1 Å². The van der Waals surface area contributed by atoms with Gasteiger partial charge < -0.3 is 14.6 Å². The molecule has 0 aliphatic carbocycles. The van der Waals surface area contributed by atoms with Crippen molar-refractivity contribution in [3.63, 3.8) is 0 Å². The molecule has 4 rings (SSSR count). The van der Waals surface area contributed by atoms with Gasteiger partial charge in [-0.3, -0.25) is 9.55 Å². The zero-order valence-corrected chi connectivity index (χ0v) is 20.0. The van der Waals surface area contributed by atoms with E-state index < -0.39 is 24.6 Å². The van der Waals surface area contributed by atoms with E-state index in [1.165, 1.54) is 16.8 Å². The molecule has 4 aromatic rings. The lowest BCUT2D eigenvalue weighted by molar-refractivity contribution is -0.189. The van der Waals surface area contributed by atoms with Gasteiger partial charge in [0, 0.05) is 25.0 Å². The molecule has 1 aromatic carbocycles. The fourth-order valence-electron chi connectivity index (χ4n) is 3.75. The number of aliphatic hydroxyl groups excluding tert-OH is 1. The first kappa shape index (κ1) is 25.2. The Morgan fingerprint density at radius 1 is 1.14 bits per heavy atom. The molecular formula is C24H24F3N5O4. The van der Waals surface area contributed by atoms with Crippen LogP contribution < -0.4 is 15.2 Å². The highest BCUT2D eigenvalue weighted by Gasteiger charge is 2.38. The van der Waals surface area contributed by atoms with E-state index in [0.717, 1.165) is 17.2 Å². The van der Waals surface area contributed by atoms with E-state index in [1.807, 2.05) is 6.92 Å². The van der Waals surface area contributed by atoms with Crippen molar-refractivity contribution in [2.45, 2.75) is 53.1 Å². The molecule has 0 amide bonds. The van der Waals surface area contributed by atoms with E-state index in [2.05, 4.69) is 15.1 Å². The van der Waals surface area contributed by atoms with E-state index in [-0.39, 0.29) is 35.1 Å². The minimum absolute atomic E-state index is 0.0186. The summed E-state index contributed by atoms with van der Waals surface area (Å²) < 4.78 is 54.0. The Morgan fingerprint density at radius 2 is 1.86 bits per heavy atom. The largest absolute Gasteiger partial charge is 0.480 e. The number of ether oxygens (including phenoxy) is 2. The molecule has 1 N–H and O–H groups in total. The Labute approximate surface area is 203 Å². The van der Waals surface area contributed by atoms with Crippen LogP contribution in [-0.2, 0) is 13.2 Å². The smallest absolute Gasteiger partial charge is 0.425 e. The Morgan fingerprint density at radius 3 is 2.47 bits per heavy atom. The molecular weight excluding hydrogens is 479 g/mol. The van der Waals surface area contributed by atoms with Gasteiger partial charge in [0.2, 0.25) is 5.88 Å². The number of nitrogens with zero attached hydrogens (tertiary/aromatic N) is 5. The number of benzene rings is 1. The van der Waals surface area contributed by atoms with Crippen LogP contribution in [-0.4, -0.2) is 41.7 Å². The second-order valence-corrected chi connectivity index (χ2v) is 8.12. The Hall–Kier alpha value is -3.93. The number of rotatable bonds is 7. The lowest BCUT2D eigenvalue weighted by Gasteiger charge is -2.20. The third-order valence-corrected chi connectivity index (χ3v) is 5.66. The molecule has 0 spiro atoms. The molecule has 0 radical (unpaired) electrons. The van der Waals surface area contributed by atoms with Crippen LogP contribution in [0.2, 0.25) is 0 Å². The first-order valence-corrected chi connectivity index (χ1v) is 11.1. The van der Waals surface area contributed by atoms with Gasteiger partial charge in [-0.25, -0.2) is 9.78 Å². The number of aryl methyl sites for hydroxylation is 2. The Balaban J connectivity index is 1.95. The SMILES string of the molecule is CCn1c(CO)nn(-c2cc(O[C@@H](C)C(F)(F)F)c3c(Oc4c(C)ccnc4C)nccc3c2)c1=O. The van der Waals surface area contributed by atoms with Crippen molar-refractivity contribution in [3.05, 3.63) is 64.2 Å². The van der Waals surface area contributed by atoms with E-state index in [1.54, 1.807) is 38.2 Å². The highest BCUT2D eigenvalue weighted by molar-refractivity contribution is 5.94. The first-order valence-electron chi connectivity index (χ1n) is 11.1. The third-order valence-electron chi connectivity index (χ3n) is 5.66. The number of alkyl halides is 3. The summed E-state index contributed by atoms with van der Waals surface area (Å²) in [6, 6.07) is 6.14. The van der Waals surface area contributed by atoms with Crippen LogP contribution in [0.4, 0.5) is 13.2 Å². The Kier molecular flexibility index (Phi) is 6.72. The lowest BCUT2D eigenvalue weighted by Crippen LogP contribution is -2.31. The highest BCUT2D eigenvalue weighted by atomic mass is 19.4. The van der Waals surface area contributed by atoms with Crippen LogP contribution >= 0.6 is 0 Å². The van der Waals surface area contributed by atoms with Gasteiger partial charge in [-0.2, -0.15) is 17.9 Å². The van der Waals surface area contributed by atoms with Crippen LogP contribution in [0.5, 0.6) is 17.4 Å². The van der Waals surface area contributed by atoms with Gasteiger partial charge >= 0.3 is 11.9 Å². The molecule has 1 atom stereocenters. The molecule has 0 saturated heterocycles. The standard InChI is InChI=1S/C24H24F3N5O4/c1-5-31-19(12-33)30-32(23(31)34)17-10-16-7-9-29-22(36-21-13(2)6-8-28-14(21)3)20(16)18(11-17)35-15(4)24(25,26)27/h6-11,15,33H,5,12H2,1-4H3/t15-/m0/s1. The maximum absolute atomic E-state index is 13.4. The summed E-state index contributed by atoms with van der Waals surface area (Å²) in [7, 11) is 0. The van der Waals surface area contributed by atoms with Gasteiger partial charge in [-0.1, -0.05) is 0 Å². The van der Waals surface area contributed by atoms with Crippen molar-refractivity contribution in [2.24, 2.45) is 0 Å². The summed E-state index contributed by atoms with van der Waals surface area (Å²) in [4.78, 5) is 21.3. The van der Waals surface area contributed by atoms with Crippen LogP contribution in [0.25, 0.3) is 16.5 Å². The van der Waals surface area contributed by atoms with E-state index in [9.17, 15) is 23.1 Å². The molecule has 36 heavy (non-hydrogen) atoms. The summed E-state index contributed by atoms with van der Waals surface area (Å²) in [6.45, 7) is 5.92. The molecule has 9 nitrogen and oxygen atoms in total. The number of hydrogen-bond acceptors (Lipinski definition) is 7. The van der Waals surface area contributed by atoms with Crippen molar-refractivity contribution in [2.75, 3.05) is 0 Å². The average molecular weight is 503 g/mol. The van der Waals surface area contributed by atoms with Gasteiger partial charge in [0.1, 0.15) is 12.4 Å². The fourth-order valence-corrected chi connectivity index (χ4v) is 3.75. The summed E-state index contributed by atoms with van der Waals surface area (Å²) >= 11 is 0. The van der Waals surface area contributed by atoms with Crippen molar-refractivity contribution >= 4 is 10.8 Å². The van der Waals surface area contributed by atoms with Crippen LogP contribution in [0.3, 0.4) is 0 Å². The summed E-state index contributed by atoms with van der Waals surface area (Å²) in [5.41, 5.74) is 0.939. The van der Waals surface area contributed by atoms with E-state index >= 15 is 0 Å². The number of aliphatic hydroxyl groups is 1. The second kappa shape index (κ2) is 9.61. The molecule has 0 aliphatic rings. The summed E-state index contributed by atoms with van der Waals surface area (Å²) in [5, 5.41) is 14.3. The minimum atomic E-state index is -4.65. The predicted molar refractivity (Wildman–Crippen MR) is 125 cm³/mol. The number of fused-ring (bicyclic) bond motifs is 1. The third kappa shape index (κ3) is 4.63. The summed E-state index contributed by atoms with van der Waals surface area (Å²) in [6.07, 6.45) is -3.75. The van der Waals surface area contributed by atoms with Crippen molar-refractivity contribution in [1.29, 1.82) is 0 Å². The van der Waals surface area contributed by atoms with Crippen LogP contribution in [0.1, 0.15) is 30.9 Å². The molecule has 0 unspecified atom stereocenters. The average Bonchev–Trinajstić information content (AvgIpc) is 3.16. The molecule has 3 heterocycles. The van der Waals surface area contributed by atoms with Crippen LogP contribution in [0.15, 0.2) is 41.5 Å². The molecule has 0 fully saturated rings. The van der Waals surface area contributed by atoms with E-state index in [4.69, 9.17) is 9.47 Å². The van der Waals surface area contributed by atoms with Gasteiger partial charge in [-0.15, -0.1) is 5.10 Å². The predicted octanol–water partition coefficient (Wildman–Crippen LogP) is 4.23. The molecule has 3 aromatic heterocycles. The number of aromatic nitrogens is 5. The maximum Gasteiger partial charge on any atom is 0.425 e. The monoisotopic (exact) mass is 503 g/mol. The van der Waals surface area contributed by atoms with Gasteiger partial charge in [0.15, 0.2) is 17.7 Å². The number of hydrogen-bond donors (Lipinski definition) is 1. The number of pyridine rings is 2. The zero-order chi connectivity index (χ0) is 26.2. The molecule has 190 valence electrons. The lowest BCUT2D eigenvalue weighted by atomic mass is 10.1. The number of halogens is 3. The molecule has 0 saturated carbocycles. The molecule has 0 bridgehead atoms. The van der Waals surface area contributed by atoms with Crippen LogP contribution in [0, 0.1) is 13.8 Å². The van der Waals surface area contributed by atoms with Gasteiger partial charge in [-0.05, 0) is 56.8 Å². The minimum Gasteiger partial charge on any atom is -0.480 e. The Bertz CT molecular complexity index is 1460. The zero-order valence-electron chi connectivity index (χ0n) is 20.0. The van der Waals surface area contributed by atoms with Gasteiger partial charge in [0.05, 0.1) is 16.8 Å².